The fraction of sp³-hybridized carbons (Fsp3) is 0.294. The van der Waals surface area contributed by atoms with E-state index in [0.717, 1.165) is 0 Å². The summed E-state index contributed by atoms with van der Waals surface area (Å²) in [4.78, 5) is 28.1. The molecule has 8 heteroatoms. The number of pyridine rings is 1. The molecule has 5 N–H and O–H groups in total. The molecule has 2 amide bonds. The Kier molecular flexibility index (Phi) is 5.89. The molecular weight excluding hydrogens is 320 g/mol. The van der Waals surface area contributed by atoms with Crippen LogP contribution in [-0.2, 0) is 7.05 Å². The van der Waals surface area contributed by atoms with Gasteiger partial charge in [-0.15, -0.1) is 0 Å². The third kappa shape index (κ3) is 4.43. The van der Waals surface area contributed by atoms with E-state index in [-0.39, 0.29) is 5.91 Å². The van der Waals surface area contributed by atoms with E-state index in [1.54, 1.807) is 42.2 Å². The van der Waals surface area contributed by atoms with E-state index >= 15 is 0 Å². The van der Waals surface area contributed by atoms with Crippen molar-refractivity contribution in [3.63, 3.8) is 0 Å². The van der Waals surface area contributed by atoms with Gasteiger partial charge < -0.3 is 20.9 Å². The van der Waals surface area contributed by atoms with Crippen molar-refractivity contribution in [2.45, 2.75) is 13.3 Å². The summed E-state index contributed by atoms with van der Waals surface area (Å²) in [6, 6.07) is 4.91. The number of aromatic nitrogens is 2. The number of carbonyl (C=O) groups is 2. The second kappa shape index (κ2) is 8.09. The van der Waals surface area contributed by atoms with E-state index < -0.39 is 5.91 Å². The Morgan fingerprint density at radius 3 is 2.80 bits per heavy atom. The summed E-state index contributed by atoms with van der Waals surface area (Å²) in [7, 11) is 1.74. The summed E-state index contributed by atoms with van der Waals surface area (Å²) < 4.78 is 1.67. The van der Waals surface area contributed by atoms with E-state index in [9.17, 15) is 9.59 Å². The maximum atomic E-state index is 12.3. The normalized spacial score (nSPS) is 10.3. The van der Waals surface area contributed by atoms with Crippen molar-refractivity contribution in [1.82, 2.24) is 20.2 Å². The molecule has 0 bridgehead atoms. The average molecular weight is 342 g/mol. The van der Waals surface area contributed by atoms with Crippen LogP contribution >= 0.6 is 0 Å². The minimum absolute atomic E-state index is 0.255. The number of hydrogen-bond acceptors (Lipinski definition) is 4. The molecule has 0 radical (unpaired) electrons. The summed E-state index contributed by atoms with van der Waals surface area (Å²) in [6.07, 6.45) is 3.73. The summed E-state index contributed by atoms with van der Waals surface area (Å²) in [5.41, 5.74) is 7.21. The number of primary amides is 1. The minimum atomic E-state index is -0.570. The third-order valence-electron chi connectivity index (χ3n) is 3.63. The van der Waals surface area contributed by atoms with Gasteiger partial charge in [-0.1, -0.05) is 0 Å². The summed E-state index contributed by atoms with van der Waals surface area (Å²) in [5, 5.41) is 13.3. The van der Waals surface area contributed by atoms with Crippen LogP contribution in [0.3, 0.4) is 0 Å². The van der Waals surface area contributed by atoms with Crippen LogP contribution in [0.25, 0.3) is 11.3 Å². The first-order valence-corrected chi connectivity index (χ1v) is 7.95. The molecule has 0 aromatic carbocycles. The first kappa shape index (κ1) is 18.2. The van der Waals surface area contributed by atoms with Gasteiger partial charge in [0.05, 0.1) is 17.1 Å². The lowest BCUT2D eigenvalue weighted by molar-refractivity contribution is 0.0945. The Labute approximate surface area is 145 Å². The highest BCUT2D eigenvalue weighted by Crippen LogP contribution is 2.23. The van der Waals surface area contributed by atoms with Crippen molar-refractivity contribution in [2.75, 3.05) is 13.1 Å². The second-order valence-electron chi connectivity index (χ2n) is 5.50. The molecule has 0 unspecified atom stereocenters. The van der Waals surface area contributed by atoms with Gasteiger partial charge in [-0.2, -0.15) is 0 Å². The van der Waals surface area contributed by atoms with E-state index in [4.69, 9.17) is 11.1 Å². The maximum absolute atomic E-state index is 12.3. The molecule has 132 valence electrons. The van der Waals surface area contributed by atoms with Crippen LogP contribution in [0.5, 0.6) is 0 Å². The van der Waals surface area contributed by atoms with Gasteiger partial charge in [0.1, 0.15) is 5.69 Å². The van der Waals surface area contributed by atoms with E-state index in [2.05, 4.69) is 15.6 Å². The molecule has 0 fully saturated rings. The molecule has 0 aliphatic carbocycles. The van der Waals surface area contributed by atoms with Crippen LogP contribution in [0.4, 0.5) is 0 Å². The number of amides is 2. The SMILES string of the molecule is CCNC(=N)CCNC(=O)c1cc(-c2ncccc2C(N)=O)cn1C. The van der Waals surface area contributed by atoms with Gasteiger partial charge in [-0.3, -0.25) is 20.0 Å². The maximum Gasteiger partial charge on any atom is 0.267 e. The van der Waals surface area contributed by atoms with Gasteiger partial charge in [0.15, 0.2) is 0 Å². The molecule has 2 aromatic heterocycles. The van der Waals surface area contributed by atoms with Crippen molar-refractivity contribution < 1.29 is 9.59 Å². The van der Waals surface area contributed by atoms with Crippen LogP contribution < -0.4 is 16.4 Å². The van der Waals surface area contributed by atoms with Gasteiger partial charge >= 0.3 is 0 Å². The zero-order valence-corrected chi connectivity index (χ0v) is 14.3. The standard InChI is InChI=1S/C17H22N6O2/c1-3-20-14(18)6-8-22-17(25)13-9-11(10-23(13)2)15-12(16(19)24)5-4-7-21-15/h4-5,7,9-10H,3,6,8H2,1-2H3,(H2,18,20)(H2,19,24)(H,22,25). The Bertz CT molecular complexity index is 796. The first-order chi connectivity index (χ1) is 11.9. The fourth-order valence-electron chi connectivity index (χ4n) is 2.45. The van der Waals surface area contributed by atoms with Gasteiger partial charge in [0.2, 0.25) is 0 Å². The number of amidine groups is 1. The lowest BCUT2D eigenvalue weighted by Gasteiger charge is -2.07. The molecule has 2 aromatic rings. The molecular formula is C17H22N6O2. The van der Waals surface area contributed by atoms with Crippen molar-refractivity contribution in [1.29, 1.82) is 5.41 Å². The monoisotopic (exact) mass is 342 g/mol. The highest BCUT2D eigenvalue weighted by Gasteiger charge is 2.17. The number of nitrogens with one attached hydrogen (secondary N) is 3. The molecule has 0 aliphatic heterocycles. The zero-order chi connectivity index (χ0) is 18.4. The number of carbonyl (C=O) groups excluding carboxylic acids is 2. The topological polar surface area (TPSA) is 126 Å². The van der Waals surface area contributed by atoms with Gasteiger partial charge in [-0.05, 0) is 25.1 Å². The van der Waals surface area contributed by atoms with Crippen molar-refractivity contribution in [3.8, 4) is 11.3 Å². The van der Waals surface area contributed by atoms with E-state index in [1.165, 1.54) is 0 Å². The predicted octanol–water partition coefficient (Wildman–Crippen LogP) is 0.893. The highest BCUT2D eigenvalue weighted by atomic mass is 16.2. The molecule has 2 rings (SSSR count). The smallest absolute Gasteiger partial charge is 0.267 e. The van der Waals surface area contributed by atoms with Crippen LogP contribution in [0, 0.1) is 5.41 Å². The summed E-state index contributed by atoms with van der Waals surface area (Å²) in [6.45, 7) is 2.96. The van der Waals surface area contributed by atoms with E-state index in [0.29, 0.717) is 47.9 Å². The van der Waals surface area contributed by atoms with E-state index in [1.807, 2.05) is 6.92 Å². The number of nitrogens with two attached hydrogens (primary N) is 1. The van der Waals surface area contributed by atoms with Crippen LogP contribution in [-0.4, -0.2) is 40.3 Å². The summed E-state index contributed by atoms with van der Waals surface area (Å²) >= 11 is 0. The first-order valence-electron chi connectivity index (χ1n) is 7.95. The third-order valence-corrected chi connectivity index (χ3v) is 3.63. The molecule has 2 heterocycles. The lowest BCUT2D eigenvalue weighted by Crippen LogP contribution is -2.31. The van der Waals surface area contributed by atoms with Crippen LogP contribution in [0.2, 0.25) is 0 Å². The Balaban J connectivity index is 2.14. The van der Waals surface area contributed by atoms with Crippen molar-refractivity contribution >= 4 is 17.6 Å². The second-order valence-corrected chi connectivity index (χ2v) is 5.50. The molecule has 25 heavy (non-hydrogen) atoms. The summed E-state index contributed by atoms with van der Waals surface area (Å²) in [5.74, 6) is -0.440. The highest BCUT2D eigenvalue weighted by molar-refractivity contribution is 6.00. The molecule has 0 saturated heterocycles. The Morgan fingerprint density at radius 1 is 1.36 bits per heavy atom. The van der Waals surface area contributed by atoms with Crippen LogP contribution in [0.15, 0.2) is 30.6 Å². The molecule has 8 nitrogen and oxygen atoms in total. The number of aryl methyl sites for hydroxylation is 1. The average Bonchev–Trinajstić information content (AvgIpc) is 2.96. The fourth-order valence-corrected chi connectivity index (χ4v) is 2.45. The number of hydrogen-bond donors (Lipinski definition) is 4. The number of nitrogens with zero attached hydrogens (tertiary/aromatic N) is 2. The van der Waals surface area contributed by atoms with Gasteiger partial charge in [0.25, 0.3) is 11.8 Å². The molecule has 0 saturated carbocycles. The van der Waals surface area contributed by atoms with Gasteiger partial charge in [-0.25, -0.2) is 0 Å². The largest absolute Gasteiger partial charge is 0.374 e. The predicted molar refractivity (Wildman–Crippen MR) is 95.5 cm³/mol. The lowest BCUT2D eigenvalue weighted by atomic mass is 10.1. The van der Waals surface area contributed by atoms with Gasteiger partial charge in [0, 0.05) is 44.5 Å². The zero-order valence-electron chi connectivity index (χ0n) is 14.3. The number of rotatable bonds is 7. The molecule has 0 atom stereocenters. The minimum Gasteiger partial charge on any atom is -0.374 e. The quantitative estimate of drug-likeness (QED) is 0.440. The Hall–Kier alpha value is -3.16. The van der Waals surface area contributed by atoms with Crippen LogP contribution in [0.1, 0.15) is 34.2 Å². The van der Waals surface area contributed by atoms with Crippen molar-refractivity contribution in [2.24, 2.45) is 12.8 Å². The Morgan fingerprint density at radius 2 is 2.12 bits per heavy atom. The molecule has 0 aliphatic rings. The van der Waals surface area contributed by atoms with Crippen molar-refractivity contribution in [3.05, 3.63) is 41.9 Å². The molecule has 0 spiro atoms.